The van der Waals surface area contributed by atoms with E-state index in [1.807, 2.05) is 6.92 Å². The fraction of sp³-hybridized carbons (Fsp3) is 0.769. The highest BCUT2D eigenvalue weighted by Crippen LogP contribution is 2.31. The molecule has 2 fully saturated rings. The quantitative estimate of drug-likeness (QED) is 0.865. The summed E-state index contributed by atoms with van der Waals surface area (Å²) in [5, 5.41) is 3.75. The predicted molar refractivity (Wildman–Crippen MR) is 75.9 cm³/mol. The summed E-state index contributed by atoms with van der Waals surface area (Å²) in [4.78, 5) is 7.00. The summed E-state index contributed by atoms with van der Waals surface area (Å²) >= 11 is 0. The summed E-state index contributed by atoms with van der Waals surface area (Å²) < 4.78 is 26.8. The third kappa shape index (κ3) is 2.38. The summed E-state index contributed by atoms with van der Waals surface area (Å²) in [7, 11) is -1.77. The van der Waals surface area contributed by atoms with Crippen molar-refractivity contribution in [3.8, 4) is 0 Å². The van der Waals surface area contributed by atoms with E-state index in [1.165, 1.54) is 23.3 Å². The van der Waals surface area contributed by atoms with Gasteiger partial charge in [-0.15, -0.1) is 0 Å². The Morgan fingerprint density at radius 3 is 2.55 bits per heavy atom. The molecule has 0 radical (unpaired) electrons. The standard InChI is InChI=1S/C13H22N4O2S/c1-3-12-14-8-13(16-12)20(18,19)17(2)11-6-9-4-5-10(7-11)15-9/h8-11,15H,3-7H2,1-2H3,(H,14,16). The van der Waals surface area contributed by atoms with Crippen molar-refractivity contribution in [1.29, 1.82) is 0 Å². The molecular formula is C13H22N4O2S. The number of H-pyrrole nitrogens is 1. The van der Waals surface area contributed by atoms with E-state index in [1.54, 1.807) is 7.05 Å². The van der Waals surface area contributed by atoms with Gasteiger partial charge < -0.3 is 10.3 Å². The minimum absolute atomic E-state index is 0.0899. The molecule has 2 aliphatic rings. The number of aromatic nitrogens is 2. The van der Waals surface area contributed by atoms with Gasteiger partial charge in [-0.1, -0.05) is 6.92 Å². The first kappa shape index (κ1) is 14.0. The van der Waals surface area contributed by atoms with E-state index in [0.29, 0.717) is 24.3 Å². The Balaban J connectivity index is 1.80. The zero-order valence-corrected chi connectivity index (χ0v) is 12.8. The fourth-order valence-electron chi connectivity index (χ4n) is 3.33. The predicted octanol–water partition coefficient (Wildman–Crippen LogP) is 0.876. The van der Waals surface area contributed by atoms with Crippen molar-refractivity contribution in [3.05, 3.63) is 12.0 Å². The number of hydrogen-bond acceptors (Lipinski definition) is 4. The molecule has 3 heterocycles. The van der Waals surface area contributed by atoms with Crippen molar-refractivity contribution in [2.24, 2.45) is 0 Å². The van der Waals surface area contributed by atoms with Crippen molar-refractivity contribution in [2.45, 2.75) is 62.2 Å². The molecule has 7 heteroatoms. The average molecular weight is 298 g/mol. The van der Waals surface area contributed by atoms with Crippen LogP contribution >= 0.6 is 0 Å². The van der Waals surface area contributed by atoms with Crippen LogP contribution in [-0.2, 0) is 16.4 Å². The van der Waals surface area contributed by atoms with E-state index >= 15 is 0 Å². The lowest BCUT2D eigenvalue weighted by Crippen LogP contribution is -2.48. The molecule has 3 rings (SSSR count). The topological polar surface area (TPSA) is 78.1 Å². The number of imidazole rings is 1. The van der Waals surface area contributed by atoms with Crippen LogP contribution in [0.15, 0.2) is 11.2 Å². The maximum Gasteiger partial charge on any atom is 0.260 e. The molecule has 0 spiro atoms. The van der Waals surface area contributed by atoms with Crippen LogP contribution in [0.1, 0.15) is 38.4 Å². The van der Waals surface area contributed by atoms with Gasteiger partial charge in [-0.3, -0.25) is 0 Å². The van der Waals surface area contributed by atoms with E-state index in [4.69, 9.17) is 0 Å². The number of nitrogens with one attached hydrogen (secondary N) is 2. The molecule has 0 amide bonds. The summed E-state index contributed by atoms with van der Waals surface area (Å²) in [6.07, 6.45) is 6.28. The molecule has 20 heavy (non-hydrogen) atoms. The molecule has 112 valence electrons. The van der Waals surface area contributed by atoms with Crippen molar-refractivity contribution >= 4 is 10.0 Å². The first-order valence-electron chi connectivity index (χ1n) is 7.28. The van der Waals surface area contributed by atoms with E-state index in [-0.39, 0.29) is 11.1 Å². The van der Waals surface area contributed by atoms with Gasteiger partial charge >= 0.3 is 0 Å². The van der Waals surface area contributed by atoms with Crippen LogP contribution in [0, 0.1) is 0 Å². The Bertz CT molecular complexity index is 571. The number of hydrogen-bond donors (Lipinski definition) is 2. The van der Waals surface area contributed by atoms with Crippen LogP contribution in [0.5, 0.6) is 0 Å². The molecule has 1 aromatic heterocycles. The number of aryl methyl sites for hydroxylation is 1. The number of aromatic amines is 1. The van der Waals surface area contributed by atoms with E-state index in [9.17, 15) is 8.42 Å². The molecule has 1 aromatic rings. The van der Waals surface area contributed by atoms with E-state index in [0.717, 1.165) is 12.8 Å². The molecule has 6 nitrogen and oxygen atoms in total. The number of piperidine rings is 1. The third-order valence-electron chi connectivity index (χ3n) is 4.56. The van der Waals surface area contributed by atoms with Crippen molar-refractivity contribution < 1.29 is 8.42 Å². The van der Waals surface area contributed by atoms with E-state index in [2.05, 4.69) is 15.3 Å². The molecular weight excluding hydrogens is 276 g/mol. The normalized spacial score (nSPS) is 30.1. The van der Waals surface area contributed by atoms with Crippen LogP contribution in [-0.4, -0.2) is 47.9 Å². The lowest BCUT2D eigenvalue weighted by molar-refractivity contribution is 0.251. The van der Waals surface area contributed by atoms with Gasteiger partial charge in [-0.05, 0) is 25.7 Å². The van der Waals surface area contributed by atoms with Gasteiger partial charge in [0, 0.05) is 31.6 Å². The van der Waals surface area contributed by atoms with Gasteiger partial charge in [0.05, 0.1) is 6.20 Å². The molecule has 2 saturated heterocycles. The molecule has 0 aliphatic carbocycles. The lowest BCUT2D eigenvalue weighted by Gasteiger charge is -2.34. The highest BCUT2D eigenvalue weighted by atomic mass is 32.2. The smallest absolute Gasteiger partial charge is 0.260 e. The van der Waals surface area contributed by atoms with Crippen LogP contribution in [0.4, 0.5) is 0 Å². The molecule has 2 atom stereocenters. The monoisotopic (exact) mass is 298 g/mol. The Kier molecular flexibility index (Phi) is 3.60. The Hall–Kier alpha value is -0.920. The number of fused-ring (bicyclic) bond motifs is 2. The summed E-state index contributed by atoms with van der Waals surface area (Å²) in [5.41, 5.74) is 0. The minimum atomic E-state index is -3.46. The van der Waals surface area contributed by atoms with Gasteiger partial charge in [0.2, 0.25) is 0 Å². The van der Waals surface area contributed by atoms with Gasteiger partial charge in [0.25, 0.3) is 10.0 Å². The molecule has 0 aromatic carbocycles. The fourth-order valence-corrected chi connectivity index (χ4v) is 4.64. The molecule has 2 aliphatic heterocycles. The average Bonchev–Trinajstić information content (AvgIpc) is 3.04. The molecule has 2 N–H and O–H groups in total. The highest BCUT2D eigenvalue weighted by Gasteiger charge is 2.39. The largest absolute Gasteiger partial charge is 0.332 e. The number of sulfonamides is 1. The molecule has 0 saturated carbocycles. The van der Waals surface area contributed by atoms with E-state index < -0.39 is 10.0 Å². The van der Waals surface area contributed by atoms with Gasteiger partial charge in [0.15, 0.2) is 5.03 Å². The molecule has 2 unspecified atom stereocenters. The van der Waals surface area contributed by atoms with Crippen LogP contribution in [0.3, 0.4) is 0 Å². The first-order chi connectivity index (χ1) is 9.50. The number of rotatable bonds is 4. The van der Waals surface area contributed by atoms with Crippen molar-refractivity contribution in [1.82, 2.24) is 19.6 Å². The first-order valence-corrected chi connectivity index (χ1v) is 8.72. The van der Waals surface area contributed by atoms with Gasteiger partial charge in [-0.25, -0.2) is 13.4 Å². The summed E-state index contributed by atoms with van der Waals surface area (Å²) in [6.45, 7) is 1.95. The van der Waals surface area contributed by atoms with Gasteiger partial charge in [0.1, 0.15) is 5.82 Å². The Labute approximate surface area is 120 Å². The van der Waals surface area contributed by atoms with Crippen LogP contribution < -0.4 is 5.32 Å². The maximum absolute atomic E-state index is 12.6. The summed E-state index contributed by atoms with van der Waals surface area (Å²) in [5.74, 6) is 0.711. The number of nitrogens with zero attached hydrogens (tertiary/aromatic N) is 2. The maximum atomic E-state index is 12.6. The zero-order chi connectivity index (χ0) is 14.3. The minimum Gasteiger partial charge on any atom is -0.332 e. The Morgan fingerprint density at radius 2 is 2.00 bits per heavy atom. The van der Waals surface area contributed by atoms with Crippen molar-refractivity contribution in [3.63, 3.8) is 0 Å². The second-order valence-electron chi connectivity index (χ2n) is 5.83. The van der Waals surface area contributed by atoms with Crippen molar-refractivity contribution in [2.75, 3.05) is 7.05 Å². The Morgan fingerprint density at radius 1 is 1.35 bits per heavy atom. The molecule has 2 bridgehead atoms. The van der Waals surface area contributed by atoms with Gasteiger partial charge in [-0.2, -0.15) is 4.31 Å². The van der Waals surface area contributed by atoms with Crippen LogP contribution in [0.25, 0.3) is 0 Å². The summed E-state index contributed by atoms with van der Waals surface area (Å²) in [6, 6.07) is 1.04. The third-order valence-corrected chi connectivity index (χ3v) is 6.38. The SMILES string of the molecule is CCc1ncc(S(=O)(=O)N(C)C2CC3CCC(C2)N3)[nH]1. The zero-order valence-electron chi connectivity index (χ0n) is 12.0. The highest BCUT2D eigenvalue weighted by molar-refractivity contribution is 7.89. The second kappa shape index (κ2) is 5.13. The second-order valence-corrected chi connectivity index (χ2v) is 7.80. The van der Waals surface area contributed by atoms with Crippen LogP contribution in [0.2, 0.25) is 0 Å². The lowest BCUT2D eigenvalue weighted by atomic mass is 10.0.